The molecule has 2 heterocycles. The van der Waals surface area contributed by atoms with Crippen molar-refractivity contribution in [1.82, 2.24) is 15.1 Å². The van der Waals surface area contributed by atoms with Gasteiger partial charge in [0.15, 0.2) is 0 Å². The van der Waals surface area contributed by atoms with Gasteiger partial charge in [0.05, 0.1) is 11.4 Å². The van der Waals surface area contributed by atoms with Crippen molar-refractivity contribution >= 4 is 0 Å². The van der Waals surface area contributed by atoms with Gasteiger partial charge in [0, 0.05) is 18.5 Å². The van der Waals surface area contributed by atoms with E-state index in [-0.39, 0.29) is 0 Å². The number of hydrogen-bond acceptors (Lipinski definition) is 2. The number of hydrogen-bond donors (Lipinski definition) is 1. The lowest BCUT2D eigenvalue weighted by molar-refractivity contribution is 0.450. The molecule has 0 saturated carbocycles. The number of piperidine rings is 1. The Morgan fingerprint density at radius 2 is 1.85 bits per heavy atom. The molecule has 3 rings (SSSR count). The first kappa shape index (κ1) is 13.4. The maximum atomic E-state index is 4.75. The second-order valence-corrected chi connectivity index (χ2v) is 5.90. The molecule has 0 aliphatic carbocycles. The molecule has 20 heavy (non-hydrogen) atoms. The Balaban J connectivity index is 1.93. The molecule has 1 N–H and O–H groups in total. The summed E-state index contributed by atoms with van der Waals surface area (Å²) in [6, 6.07) is 8.94. The molecule has 0 amide bonds. The predicted molar refractivity (Wildman–Crippen MR) is 83.0 cm³/mol. The first-order valence-electron chi connectivity index (χ1n) is 7.47. The van der Waals surface area contributed by atoms with Gasteiger partial charge in [-0.2, -0.15) is 5.10 Å². The van der Waals surface area contributed by atoms with Crippen LogP contribution in [0, 0.1) is 13.8 Å². The molecule has 3 nitrogen and oxygen atoms in total. The van der Waals surface area contributed by atoms with Crippen molar-refractivity contribution in [3.8, 4) is 11.3 Å². The molecule has 0 atom stereocenters. The van der Waals surface area contributed by atoms with E-state index in [9.17, 15) is 0 Å². The van der Waals surface area contributed by atoms with Crippen molar-refractivity contribution in [1.29, 1.82) is 0 Å². The third kappa shape index (κ3) is 2.50. The third-order valence-electron chi connectivity index (χ3n) is 4.46. The molecule has 1 aromatic carbocycles. The van der Waals surface area contributed by atoms with E-state index in [2.05, 4.69) is 50.5 Å². The molecule has 0 radical (unpaired) electrons. The molecule has 1 aliphatic rings. The van der Waals surface area contributed by atoms with Crippen molar-refractivity contribution in [2.45, 2.75) is 32.6 Å². The molecule has 0 bridgehead atoms. The van der Waals surface area contributed by atoms with Crippen LogP contribution in [0.1, 0.15) is 35.6 Å². The summed E-state index contributed by atoms with van der Waals surface area (Å²) in [7, 11) is 2.05. The average Bonchev–Trinajstić information content (AvgIpc) is 2.85. The van der Waals surface area contributed by atoms with Crippen LogP contribution >= 0.6 is 0 Å². The summed E-state index contributed by atoms with van der Waals surface area (Å²) < 4.78 is 2.03. The van der Waals surface area contributed by atoms with E-state index in [1.807, 2.05) is 4.68 Å². The smallest absolute Gasteiger partial charge is 0.0682 e. The topological polar surface area (TPSA) is 29.9 Å². The summed E-state index contributed by atoms with van der Waals surface area (Å²) in [5.74, 6) is 0.614. The summed E-state index contributed by atoms with van der Waals surface area (Å²) in [5, 5.41) is 8.17. The van der Waals surface area contributed by atoms with Gasteiger partial charge in [-0.15, -0.1) is 0 Å². The SMILES string of the molecule is Cc1ccc(-c2cc(C3CCNCC3)nn2C)cc1C. The van der Waals surface area contributed by atoms with Crippen molar-refractivity contribution in [3.05, 3.63) is 41.1 Å². The van der Waals surface area contributed by atoms with Crippen LogP contribution in [0.15, 0.2) is 24.3 Å². The Bertz CT molecular complexity index is 607. The van der Waals surface area contributed by atoms with E-state index in [0.717, 1.165) is 13.1 Å². The van der Waals surface area contributed by atoms with Gasteiger partial charge in [0.2, 0.25) is 0 Å². The van der Waals surface area contributed by atoms with Crippen LogP contribution in [0.25, 0.3) is 11.3 Å². The van der Waals surface area contributed by atoms with E-state index < -0.39 is 0 Å². The Kier molecular flexibility index (Phi) is 3.62. The Morgan fingerprint density at radius 3 is 2.55 bits per heavy atom. The molecule has 1 aromatic heterocycles. The zero-order chi connectivity index (χ0) is 14.1. The molecule has 0 spiro atoms. The van der Waals surface area contributed by atoms with Crippen molar-refractivity contribution in [3.63, 3.8) is 0 Å². The molecule has 1 saturated heterocycles. The van der Waals surface area contributed by atoms with Gasteiger partial charge in [-0.1, -0.05) is 12.1 Å². The lowest BCUT2D eigenvalue weighted by Gasteiger charge is -2.20. The number of nitrogens with one attached hydrogen (secondary N) is 1. The standard InChI is InChI=1S/C17H23N3/c1-12-4-5-15(10-13(12)2)17-11-16(19-20(17)3)14-6-8-18-9-7-14/h4-5,10-11,14,18H,6-9H2,1-3H3. The molecular weight excluding hydrogens is 246 g/mol. The lowest BCUT2D eigenvalue weighted by Crippen LogP contribution is -2.26. The van der Waals surface area contributed by atoms with E-state index in [1.165, 1.54) is 40.9 Å². The van der Waals surface area contributed by atoms with E-state index in [0.29, 0.717) is 5.92 Å². The number of aryl methyl sites for hydroxylation is 3. The third-order valence-corrected chi connectivity index (χ3v) is 4.46. The molecular formula is C17H23N3. The first-order valence-corrected chi connectivity index (χ1v) is 7.47. The van der Waals surface area contributed by atoms with E-state index in [4.69, 9.17) is 5.10 Å². The summed E-state index contributed by atoms with van der Waals surface area (Å²) in [6.07, 6.45) is 2.40. The Morgan fingerprint density at radius 1 is 1.10 bits per heavy atom. The zero-order valence-corrected chi connectivity index (χ0v) is 12.6. The maximum Gasteiger partial charge on any atom is 0.0682 e. The van der Waals surface area contributed by atoms with Crippen LogP contribution in [-0.4, -0.2) is 22.9 Å². The van der Waals surface area contributed by atoms with E-state index in [1.54, 1.807) is 0 Å². The molecule has 2 aromatic rings. The molecule has 1 aliphatic heterocycles. The monoisotopic (exact) mass is 269 g/mol. The van der Waals surface area contributed by atoms with Crippen molar-refractivity contribution in [2.24, 2.45) is 7.05 Å². The highest BCUT2D eigenvalue weighted by molar-refractivity contribution is 5.62. The zero-order valence-electron chi connectivity index (χ0n) is 12.6. The number of nitrogens with zero attached hydrogens (tertiary/aromatic N) is 2. The number of benzene rings is 1. The highest BCUT2D eigenvalue weighted by Gasteiger charge is 2.19. The van der Waals surface area contributed by atoms with Crippen LogP contribution < -0.4 is 5.32 Å². The van der Waals surface area contributed by atoms with E-state index >= 15 is 0 Å². The molecule has 106 valence electrons. The minimum atomic E-state index is 0.614. The van der Waals surface area contributed by atoms with Crippen LogP contribution in [0.3, 0.4) is 0 Å². The second-order valence-electron chi connectivity index (χ2n) is 5.90. The van der Waals surface area contributed by atoms with Crippen LogP contribution in [0.5, 0.6) is 0 Å². The number of rotatable bonds is 2. The fraction of sp³-hybridized carbons (Fsp3) is 0.471. The maximum absolute atomic E-state index is 4.75. The highest BCUT2D eigenvalue weighted by atomic mass is 15.3. The largest absolute Gasteiger partial charge is 0.317 e. The summed E-state index contributed by atoms with van der Waals surface area (Å²) >= 11 is 0. The fourth-order valence-corrected chi connectivity index (χ4v) is 2.98. The first-order chi connectivity index (χ1) is 9.65. The van der Waals surface area contributed by atoms with Crippen LogP contribution in [0.2, 0.25) is 0 Å². The van der Waals surface area contributed by atoms with Gasteiger partial charge in [-0.3, -0.25) is 4.68 Å². The van der Waals surface area contributed by atoms with Gasteiger partial charge < -0.3 is 5.32 Å². The van der Waals surface area contributed by atoms with Gasteiger partial charge >= 0.3 is 0 Å². The summed E-state index contributed by atoms with van der Waals surface area (Å²) in [4.78, 5) is 0. The fourth-order valence-electron chi connectivity index (χ4n) is 2.98. The minimum Gasteiger partial charge on any atom is -0.317 e. The molecule has 0 unspecified atom stereocenters. The van der Waals surface area contributed by atoms with Gasteiger partial charge in [-0.05, 0) is 63.0 Å². The molecule has 1 fully saturated rings. The minimum absolute atomic E-state index is 0.614. The van der Waals surface area contributed by atoms with Crippen molar-refractivity contribution in [2.75, 3.05) is 13.1 Å². The summed E-state index contributed by atoms with van der Waals surface area (Å²) in [5.41, 5.74) is 6.42. The average molecular weight is 269 g/mol. The Labute approximate surface area is 121 Å². The highest BCUT2D eigenvalue weighted by Crippen LogP contribution is 2.29. The lowest BCUT2D eigenvalue weighted by atomic mass is 9.94. The van der Waals surface area contributed by atoms with Gasteiger partial charge in [-0.25, -0.2) is 0 Å². The van der Waals surface area contributed by atoms with Gasteiger partial charge in [0.1, 0.15) is 0 Å². The Hall–Kier alpha value is -1.61. The predicted octanol–water partition coefficient (Wildman–Crippen LogP) is 3.17. The van der Waals surface area contributed by atoms with Crippen molar-refractivity contribution < 1.29 is 0 Å². The quantitative estimate of drug-likeness (QED) is 0.907. The second kappa shape index (κ2) is 5.41. The summed E-state index contributed by atoms with van der Waals surface area (Å²) in [6.45, 7) is 6.55. The van der Waals surface area contributed by atoms with Crippen LogP contribution in [-0.2, 0) is 7.05 Å². The number of aromatic nitrogens is 2. The molecule has 3 heteroatoms. The van der Waals surface area contributed by atoms with Gasteiger partial charge in [0.25, 0.3) is 0 Å². The normalized spacial score (nSPS) is 16.6. The van der Waals surface area contributed by atoms with Crippen LogP contribution in [0.4, 0.5) is 0 Å².